The van der Waals surface area contributed by atoms with Crippen molar-refractivity contribution in [2.75, 3.05) is 18.9 Å². The molecule has 1 aliphatic heterocycles. The van der Waals surface area contributed by atoms with Gasteiger partial charge in [0.1, 0.15) is 0 Å². The summed E-state index contributed by atoms with van der Waals surface area (Å²) >= 11 is 0. The summed E-state index contributed by atoms with van der Waals surface area (Å²) in [5.74, 6) is 0.753. The van der Waals surface area contributed by atoms with Crippen LogP contribution in [0, 0.1) is 12.8 Å². The number of aryl methyl sites for hydroxylation is 1. The Labute approximate surface area is 91.4 Å². The van der Waals surface area contributed by atoms with Crippen LogP contribution in [0.1, 0.15) is 24.0 Å². The maximum Gasteiger partial charge on any atom is 0.0468 e. The largest absolute Gasteiger partial charge is 0.398 e. The molecule has 0 radical (unpaired) electrons. The minimum Gasteiger partial charge on any atom is -0.398 e. The van der Waals surface area contributed by atoms with Crippen LogP contribution in [0.2, 0.25) is 0 Å². The molecular formula is C13H19NO. The first-order valence-corrected chi connectivity index (χ1v) is 5.68. The molecule has 2 N–H and O–H groups in total. The lowest BCUT2D eigenvalue weighted by Gasteiger charge is -2.22. The predicted octanol–water partition coefficient (Wildman–Crippen LogP) is 2.55. The van der Waals surface area contributed by atoms with Crippen LogP contribution in [-0.4, -0.2) is 13.2 Å². The number of rotatable bonds is 2. The van der Waals surface area contributed by atoms with Gasteiger partial charge in [-0.1, -0.05) is 12.1 Å². The van der Waals surface area contributed by atoms with Crippen LogP contribution in [0.3, 0.4) is 0 Å². The van der Waals surface area contributed by atoms with Crippen LogP contribution in [0.5, 0.6) is 0 Å². The molecule has 2 rings (SSSR count). The maximum atomic E-state index is 6.01. The number of nitrogen functional groups attached to an aromatic ring is 1. The molecule has 0 aromatic heterocycles. The van der Waals surface area contributed by atoms with E-state index in [4.69, 9.17) is 10.5 Å². The third kappa shape index (κ3) is 2.72. The molecule has 0 unspecified atom stereocenters. The van der Waals surface area contributed by atoms with Crippen molar-refractivity contribution in [2.24, 2.45) is 5.92 Å². The molecule has 82 valence electrons. The van der Waals surface area contributed by atoms with Gasteiger partial charge < -0.3 is 10.5 Å². The summed E-state index contributed by atoms with van der Waals surface area (Å²) in [6.45, 7) is 3.90. The van der Waals surface area contributed by atoms with Crippen LogP contribution in [0.25, 0.3) is 0 Å². The van der Waals surface area contributed by atoms with Crippen molar-refractivity contribution in [1.29, 1.82) is 0 Å². The molecule has 1 aromatic rings. The molecule has 1 saturated heterocycles. The van der Waals surface area contributed by atoms with E-state index in [9.17, 15) is 0 Å². The van der Waals surface area contributed by atoms with E-state index in [2.05, 4.69) is 25.1 Å². The van der Waals surface area contributed by atoms with E-state index in [0.29, 0.717) is 0 Å². The first kappa shape index (κ1) is 10.5. The summed E-state index contributed by atoms with van der Waals surface area (Å²) < 4.78 is 5.36. The third-order valence-electron chi connectivity index (χ3n) is 3.15. The van der Waals surface area contributed by atoms with Crippen LogP contribution in [0.15, 0.2) is 18.2 Å². The highest BCUT2D eigenvalue weighted by atomic mass is 16.5. The van der Waals surface area contributed by atoms with E-state index >= 15 is 0 Å². The molecule has 0 amide bonds. The summed E-state index contributed by atoms with van der Waals surface area (Å²) in [5.41, 5.74) is 9.49. The van der Waals surface area contributed by atoms with Gasteiger partial charge in [0.05, 0.1) is 0 Å². The fourth-order valence-electron chi connectivity index (χ4n) is 2.16. The molecule has 0 saturated carbocycles. The summed E-state index contributed by atoms with van der Waals surface area (Å²) in [5, 5.41) is 0. The van der Waals surface area contributed by atoms with E-state index < -0.39 is 0 Å². The number of anilines is 1. The van der Waals surface area contributed by atoms with Gasteiger partial charge in [-0.15, -0.1) is 0 Å². The second kappa shape index (κ2) is 4.67. The monoisotopic (exact) mass is 205 g/mol. The van der Waals surface area contributed by atoms with Gasteiger partial charge in [-0.25, -0.2) is 0 Å². The fourth-order valence-corrected chi connectivity index (χ4v) is 2.16. The Morgan fingerprint density at radius 1 is 1.33 bits per heavy atom. The zero-order chi connectivity index (χ0) is 10.7. The van der Waals surface area contributed by atoms with Gasteiger partial charge in [0.2, 0.25) is 0 Å². The number of nitrogens with two attached hydrogens (primary N) is 1. The highest BCUT2D eigenvalue weighted by Gasteiger charge is 2.15. The summed E-state index contributed by atoms with van der Waals surface area (Å²) in [4.78, 5) is 0. The molecule has 1 fully saturated rings. The quantitative estimate of drug-likeness (QED) is 0.753. The van der Waals surface area contributed by atoms with Gasteiger partial charge in [-0.2, -0.15) is 0 Å². The van der Waals surface area contributed by atoms with Crippen molar-refractivity contribution in [1.82, 2.24) is 0 Å². The van der Waals surface area contributed by atoms with Gasteiger partial charge >= 0.3 is 0 Å². The predicted molar refractivity (Wildman–Crippen MR) is 62.8 cm³/mol. The normalized spacial score (nSPS) is 17.9. The molecular weight excluding hydrogens is 186 g/mol. The lowest BCUT2D eigenvalue weighted by Crippen LogP contribution is -2.18. The molecule has 2 heteroatoms. The van der Waals surface area contributed by atoms with Gasteiger partial charge in [0, 0.05) is 18.9 Å². The number of hydrogen-bond donors (Lipinski definition) is 1. The van der Waals surface area contributed by atoms with Crippen molar-refractivity contribution >= 4 is 5.69 Å². The van der Waals surface area contributed by atoms with Crippen molar-refractivity contribution in [3.05, 3.63) is 29.3 Å². The Morgan fingerprint density at radius 3 is 2.73 bits per heavy atom. The van der Waals surface area contributed by atoms with Crippen molar-refractivity contribution in [3.8, 4) is 0 Å². The van der Waals surface area contributed by atoms with Crippen molar-refractivity contribution in [3.63, 3.8) is 0 Å². The first-order chi connectivity index (χ1) is 7.25. The second-order valence-electron chi connectivity index (χ2n) is 4.46. The minimum atomic E-state index is 0.753. The highest BCUT2D eigenvalue weighted by Crippen LogP contribution is 2.23. The highest BCUT2D eigenvalue weighted by molar-refractivity contribution is 5.49. The maximum absolute atomic E-state index is 6.01. The number of benzene rings is 1. The SMILES string of the molecule is Cc1ccc(CC2CCOCC2)c(N)c1. The number of hydrogen-bond acceptors (Lipinski definition) is 2. The fraction of sp³-hybridized carbons (Fsp3) is 0.538. The standard InChI is InChI=1S/C13H19NO/c1-10-2-3-12(13(14)8-10)9-11-4-6-15-7-5-11/h2-3,8,11H,4-7,9,14H2,1H3. The van der Waals surface area contributed by atoms with E-state index in [1.807, 2.05) is 0 Å². The average Bonchev–Trinajstić information content (AvgIpc) is 2.24. The van der Waals surface area contributed by atoms with Gasteiger partial charge in [-0.3, -0.25) is 0 Å². The minimum absolute atomic E-state index is 0.753. The molecule has 2 nitrogen and oxygen atoms in total. The van der Waals surface area contributed by atoms with E-state index in [0.717, 1.165) is 31.2 Å². The first-order valence-electron chi connectivity index (χ1n) is 5.68. The molecule has 1 heterocycles. The van der Waals surface area contributed by atoms with Crippen molar-refractivity contribution in [2.45, 2.75) is 26.2 Å². The average molecular weight is 205 g/mol. The van der Waals surface area contributed by atoms with Crippen LogP contribution in [0.4, 0.5) is 5.69 Å². The summed E-state index contributed by atoms with van der Waals surface area (Å²) in [7, 11) is 0. The van der Waals surface area contributed by atoms with Crippen molar-refractivity contribution < 1.29 is 4.74 Å². The lowest BCUT2D eigenvalue weighted by molar-refractivity contribution is 0.0666. The molecule has 1 aromatic carbocycles. The zero-order valence-corrected chi connectivity index (χ0v) is 9.33. The summed E-state index contributed by atoms with van der Waals surface area (Å²) in [6, 6.07) is 6.37. The Kier molecular flexibility index (Phi) is 3.27. The molecule has 0 aliphatic carbocycles. The van der Waals surface area contributed by atoms with E-state index in [1.165, 1.54) is 24.0 Å². The third-order valence-corrected chi connectivity index (χ3v) is 3.15. The summed E-state index contributed by atoms with van der Waals surface area (Å²) in [6.07, 6.45) is 3.45. The van der Waals surface area contributed by atoms with Crippen LogP contribution < -0.4 is 5.73 Å². The Morgan fingerprint density at radius 2 is 2.07 bits per heavy atom. The lowest BCUT2D eigenvalue weighted by atomic mass is 9.91. The molecule has 0 bridgehead atoms. The van der Waals surface area contributed by atoms with Gasteiger partial charge in [0.25, 0.3) is 0 Å². The Hall–Kier alpha value is -1.02. The molecule has 0 atom stereocenters. The molecule has 15 heavy (non-hydrogen) atoms. The molecule has 1 aliphatic rings. The smallest absolute Gasteiger partial charge is 0.0468 e. The Bertz CT molecular complexity index is 329. The topological polar surface area (TPSA) is 35.2 Å². The zero-order valence-electron chi connectivity index (χ0n) is 9.33. The van der Waals surface area contributed by atoms with Gasteiger partial charge in [-0.05, 0) is 49.3 Å². The second-order valence-corrected chi connectivity index (χ2v) is 4.46. The molecule has 0 spiro atoms. The van der Waals surface area contributed by atoms with Crippen LogP contribution >= 0.6 is 0 Å². The van der Waals surface area contributed by atoms with Gasteiger partial charge in [0.15, 0.2) is 0 Å². The van der Waals surface area contributed by atoms with E-state index in [1.54, 1.807) is 0 Å². The van der Waals surface area contributed by atoms with Crippen LogP contribution in [-0.2, 0) is 11.2 Å². The van der Waals surface area contributed by atoms with E-state index in [-0.39, 0.29) is 0 Å². The Balaban J connectivity index is 2.03. The number of ether oxygens (including phenoxy) is 1.